The smallest absolute Gasteiger partial charge is 0.252 e. The molecule has 0 atom stereocenters. The number of nitrogens with zero attached hydrogens (tertiary/aromatic N) is 5. The number of hydrogen-bond donors (Lipinski definition) is 3. The van der Waals surface area contributed by atoms with Crippen LogP contribution < -0.4 is 4.90 Å². The van der Waals surface area contributed by atoms with Crippen LogP contribution in [0.3, 0.4) is 0 Å². The molecule has 0 bridgehead atoms. The maximum absolute atomic E-state index is 13.3. The standard InChI is InChI=1S/C21H24N6O5S2/c28-8-4-27(5-9-29)34(30,31)18-12-17-19(33-18)21(26-6-10-32-11-7-26)24-20(23-17)14-2-1-3-16-15(14)13-22-25-16/h1-3,12-13,28-29H,4-11H2,(H,22,25). The Kier molecular flexibility index (Phi) is 6.46. The first-order valence-electron chi connectivity index (χ1n) is 10.8. The number of benzene rings is 1. The highest BCUT2D eigenvalue weighted by Gasteiger charge is 2.28. The number of aliphatic hydroxyl groups is 2. The predicted octanol–water partition coefficient (Wildman–Crippen LogP) is 1.05. The van der Waals surface area contributed by atoms with Gasteiger partial charge in [-0.25, -0.2) is 18.4 Å². The fraction of sp³-hybridized carbons (Fsp3) is 0.381. The van der Waals surface area contributed by atoms with Crippen LogP contribution in [0, 0.1) is 0 Å². The van der Waals surface area contributed by atoms with Crippen LogP contribution in [-0.2, 0) is 14.8 Å². The van der Waals surface area contributed by atoms with Gasteiger partial charge in [-0.05, 0) is 12.1 Å². The second-order valence-corrected chi connectivity index (χ2v) is 11.0. The van der Waals surface area contributed by atoms with Crippen LogP contribution in [0.4, 0.5) is 5.82 Å². The number of ether oxygens (including phenoxy) is 1. The molecule has 0 saturated carbocycles. The van der Waals surface area contributed by atoms with Gasteiger partial charge in [-0.15, -0.1) is 11.3 Å². The number of rotatable bonds is 8. The van der Waals surface area contributed by atoms with Crippen LogP contribution >= 0.6 is 11.3 Å². The average molecular weight is 505 g/mol. The van der Waals surface area contributed by atoms with Crippen molar-refractivity contribution in [3.63, 3.8) is 0 Å². The number of fused-ring (bicyclic) bond motifs is 2. The number of anilines is 1. The summed E-state index contributed by atoms with van der Waals surface area (Å²) < 4.78 is 33.9. The summed E-state index contributed by atoms with van der Waals surface area (Å²) in [6.07, 6.45) is 1.72. The summed E-state index contributed by atoms with van der Waals surface area (Å²) in [6, 6.07) is 7.26. The van der Waals surface area contributed by atoms with Crippen molar-refractivity contribution in [3.05, 3.63) is 30.5 Å². The third-order valence-electron chi connectivity index (χ3n) is 5.66. The SMILES string of the molecule is O=S(=O)(c1cc2nc(-c3cccc4[nH]ncc34)nc(N3CCOCC3)c2s1)N(CCO)CCO. The molecule has 3 aromatic heterocycles. The number of aliphatic hydroxyl groups excluding tert-OH is 2. The van der Waals surface area contributed by atoms with Gasteiger partial charge in [-0.2, -0.15) is 9.40 Å². The summed E-state index contributed by atoms with van der Waals surface area (Å²) in [6.45, 7) is 1.46. The number of nitrogens with one attached hydrogen (secondary N) is 1. The molecule has 13 heteroatoms. The molecule has 4 aromatic rings. The molecule has 11 nitrogen and oxygen atoms in total. The Morgan fingerprint density at radius 1 is 1.15 bits per heavy atom. The van der Waals surface area contributed by atoms with E-state index in [-0.39, 0.29) is 30.5 Å². The van der Waals surface area contributed by atoms with E-state index in [1.807, 2.05) is 18.2 Å². The Balaban J connectivity index is 1.69. The summed E-state index contributed by atoms with van der Waals surface area (Å²) in [5.74, 6) is 1.14. The lowest BCUT2D eigenvalue weighted by atomic mass is 10.1. The van der Waals surface area contributed by atoms with Crippen molar-refractivity contribution < 1.29 is 23.4 Å². The minimum absolute atomic E-state index is 0.0897. The molecular weight excluding hydrogens is 480 g/mol. The average Bonchev–Trinajstić information content (AvgIpc) is 3.51. The summed E-state index contributed by atoms with van der Waals surface area (Å²) >= 11 is 1.09. The third kappa shape index (κ3) is 4.15. The van der Waals surface area contributed by atoms with Gasteiger partial charge in [0.05, 0.1) is 48.4 Å². The minimum Gasteiger partial charge on any atom is -0.395 e. The van der Waals surface area contributed by atoms with Crippen LogP contribution in [0.2, 0.25) is 0 Å². The molecule has 5 rings (SSSR count). The van der Waals surface area contributed by atoms with E-state index >= 15 is 0 Å². The van der Waals surface area contributed by atoms with Crippen LogP contribution in [0.15, 0.2) is 34.7 Å². The molecule has 0 radical (unpaired) electrons. The lowest BCUT2D eigenvalue weighted by molar-refractivity contribution is 0.122. The first kappa shape index (κ1) is 23.1. The van der Waals surface area contributed by atoms with Gasteiger partial charge in [-0.3, -0.25) is 5.10 Å². The largest absolute Gasteiger partial charge is 0.395 e. The fourth-order valence-corrected chi connectivity index (χ4v) is 6.99. The van der Waals surface area contributed by atoms with E-state index in [0.717, 1.165) is 32.1 Å². The Labute approximate surface area is 199 Å². The number of aromatic amines is 1. The van der Waals surface area contributed by atoms with Gasteiger partial charge in [0, 0.05) is 37.1 Å². The molecular formula is C21H24N6O5S2. The molecule has 0 unspecified atom stereocenters. The van der Waals surface area contributed by atoms with Crippen molar-refractivity contribution in [2.75, 3.05) is 57.5 Å². The van der Waals surface area contributed by atoms with Crippen LogP contribution in [0.25, 0.3) is 32.5 Å². The van der Waals surface area contributed by atoms with Crippen molar-refractivity contribution in [2.24, 2.45) is 0 Å². The van der Waals surface area contributed by atoms with Crippen molar-refractivity contribution in [2.45, 2.75) is 4.21 Å². The fourth-order valence-electron chi connectivity index (χ4n) is 4.00. The molecule has 4 heterocycles. The van der Waals surface area contributed by atoms with Gasteiger partial charge >= 0.3 is 0 Å². The van der Waals surface area contributed by atoms with E-state index in [1.165, 1.54) is 0 Å². The van der Waals surface area contributed by atoms with Crippen molar-refractivity contribution >= 4 is 48.3 Å². The lowest BCUT2D eigenvalue weighted by Gasteiger charge is -2.28. The van der Waals surface area contributed by atoms with Gasteiger partial charge < -0.3 is 19.8 Å². The van der Waals surface area contributed by atoms with Gasteiger partial charge in [0.2, 0.25) is 0 Å². The Morgan fingerprint density at radius 2 is 1.91 bits per heavy atom. The molecule has 0 amide bonds. The number of morpholine rings is 1. The second-order valence-electron chi connectivity index (χ2n) is 7.74. The third-order valence-corrected chi connectivity index (χ3v) is 9.13. The topological polar surface area (TPSA) is 145 Å². The molecule has 34 heavy (non-hydrogen) atoms. The number of thiophene rings is 1. The van der Waals surface area contributed by atoms with Gasteiger partial charge in [0.1, 0.15) is 4.21 Å². The summed E-state index contributed by atoms with van der Waals surface area (Å²) in [5.41, 5.74) is 2.16. The molecule has 3 N–H and O–H groups in total. The number of aromatic nitrogens is 4. The molecule has 1 fully saturated rings. The quantitative estimate of drug-likeness (QED) is 0.320. The maximum atomic E-state index is 13.3. The maximum Gasteiger partial charge on any atom is 0.252 e. The normalized spacial score (nSPS) is 15.1. The molecule has 1 aliphatic rings. The van der Waals surface area contributed by atoms with Gasteiger partial charge in [-0.1, -0.05) is 12.1 Å². The van der Waals surface area contributed by atoms with Crippen LogP contribution in [0.1, 0.15) is 0 Å². The van der Waals surface area contributed by atoms with Crippen molar-refractivity contribution in [1.82, 2.24) is 24.5 Å². The highest BCUT2D eigenvalue weighted by Crippen LogP contribution is 2.38. The second kappa shape index (κ2) is 9.52. The molecule has 0 aliphatic carbocycles. The first-order valence-corrected chi connectivity index (χ1v) is 13.1. The molecule has 1 aromatic carbocycles. The lowest BCUT2D eigenvalue weighted by Crippen LogP contribution is -2.36. The summed E-state index contributed by atoms with van der Waals surface area (Å²) in [4.78, 5) is 11.7. The van der Waals surface area contributed by atoms with E-state index in [4.69, 9.17) is 14.7 Å². The number of hydrogen-bond acceptors (Lipinski definition) is 10. The zero-order chi connectivity index (χ0) is 23.7. The Bertz CT molecular complexity index is 1410. The van der Waals surface area contributed by atoms with E-state index < -0.39 is 10.0 Å². The molecule has 1 aliphatic heterocycles. The van der Waals surface area contributed by atoms with Crippen LogP contribution in [0.5, 0.6) is 0 Å². The highest BCUT2D eigenvalue weighted by atomic mass is 32.2. The van der Waals surface area contributed by atoms with E-state index in [1.54, 1.807) is 12.3 Å². The molecule has 180 valence electrons. The number of H-pyrrole nitrogens is 1. The van der Waals surface area contributed by atoms with Crippen molar-refractivity contribution in [1.29, 1.82) is 0 Å². The van der Waals surface area contributed by atoms with Crippen LogP contribution in [-0.4, -0.2) is 95.7 Å². The molecule has 0 spiro atoms. The Morgan fingerprint density at radius 3 is 2.65 bits per heavy atom. The van der Waals surface area contributed by atoms with Gasteiger partial charge in [0.25, 0.3) is 10.0 Å². The number of sulfonamides is 1. The van der Waals surface area contributed by atoms with Crippen molar-refractivity contribution in [3.8, 4) is 11.4 Å². The predicted molar refractivity (Wildman–Crippen MR) is 128 cm³/mol. The van der Waals surface area contributed by atoms with E-state index in [9.17, 15) is 18.6 Å². The van der Waals surface area contributed by atoms with E-state index in [2.05, 4.69) is 15.1 Å². The first-order chi connectivity index (χ1) is 16.5. The zero-order valence-corrected chi connectivity index (χ0v) is 19.8. The zero-order valence-electron chi connectivity index (χ0n) is 18.2. The Hall–Kier alpha value is -2.68. The summed E-state index contributed by atoms with van der Waals surface area (Å²) in [7, 11) is -3.93. The minimum atomic E-state index is -3.93. The summed E-state index contributed by atoms with van der Waals surface area (Å²) in [5, 5.41) is 26.6. The van der Waals surface area contributed by atoms with E-state index in [0.29, 0.717) is 48.2 Å². The molecule has 1 saturated heterocycles. The highest BCUT2D eigenvalue weighted by molar-refractivity contribution is 7.91. The van der Waals surface area contributed by atoms with Gasteiger partial charge in [0.15, 0.2) is 11.6 Å². The monoisotopic (exact) mass is 504 g/mol.